The van der Waals surface area contributed by atoms with Crippen LogP contribution in [-0.2, 0) is 4.79 Å². The van der Waals surface area contributed by atoms with Gasteiger partial charge in [-0.1, -0.05) is 63.3 Å². The third-order valence-corrected chi connectivity index (χ3v) is 5.83. The third-order valence-electron chi connectivity index (χ3n) is 5.83. The van der Waals surface area contributed by atoms with Crippen LogP contribution in [0.2, 0.25) is 0 Å². The molecule has 3 heteroatoms. The number of unbranched alkanes of at least 4 members (excludes halogenated alkanes) is 8. The number of nitrogens with one attached hydrogen (secondary N) is 1. The second kappa shape index (κ2) is 18.0. The molecule has 0 aliphatic carbocycles. The minimum absolute atomic E-state index is 0.242. The minimum atomic E-state index is 0.242. The zero-order chi connectivity index (χ0) is 20.3. The summed E-state index contributed by atoms with van der Waals surface area (Å²) in [4.78, 5) is 14.3. The Labute approximate surface area is 175 Å². The minimum Gasteiger partial charge on any atom is -0.356 e. The molecule has 0 spiro atoms. The summed E-state index contributed by atoms with van der Waals surface area (Å²) in [5.74, 6) is 0.242. The quantitative estimate of drug-likeness (QED) is 0.230. The van der Waals surface area contributed by atoms with Gasteiger partial charge in [-0.15, -0.1) is 0 Å². The molecule has 1 rings (SSSR count). The average molecular weight is 391 g/mol. The summed E-state index contributed by atoms with van der Waals surface area (Å²) in [5, 5.41) is 3.10. The Morgan fingerprint density at radius 1 is 0.964 bits per heavy atom. The summed E-state index contributed by atoms with van der Waals surface area (Å²) in [6, 6.07) is 0.677. The highest BCUT2D eigenvalue weighted by Gasteiger charge is 2.20. The predicted molar refractivity (Wildman–Crippen MR) is 123 cm³/mol. The molecule has 1 atom stereocenters. The second-order valence-electron chi connectivity index (χ2n) is 8.40. The van der Waals surface area contributed by atoms with Crippen molar-refractivity contribution in [1.29, 1.82) is 0 Å². The van der Waals surface area contributed by atoms with Gasteiger partial charge in [0.1, 0.15) is 0 Å². The molecule has 1 saturated heterocycles. The molecule has 3 nitrogen and oxygen atoms in total. The van der Waals surface area contributed by atoms with Gasteiger partial charge in [0.05, 0.1) is 0 Å². The lowest BCUT2D eigenvalue weighted by atomic mass is 10.1. The summed E-state index contributed by atoms with van der Waals surface area (Å²) in [7, 11) is 2.20. The van der Waals surface area contributed by atoms with Crippen LogP contribution in [0.15, 0.2) is 24.3 Å². The number of carbonyl (C=O) groups excluding carboxylic acids is 1. The van der Waals surface area contributed by atoms with Crippen LogP contribution in [0.5, 0.6) is 0 Å². The maximum Gasteiger partial charge on any atom is 0.219 e. The van der Waals surface area contributed by atoms with Gasteiger partial charge in [0.25, 0.3) is 0 Å². The van der Waals surface area contributed by atoms with E-state index in [0.717, 1.165) is 25.8 Å². The van der Waals surface area contributed by atoms with Gasteiger partial charge in [-0.25, -0.2) is 0 Å². The standard InChI is InChI=1S/C25H46N2O/c1-3-4-5-6-7-8-9-10-11-12-13-14-15-16-17-20-25(28)26-22-21-24-19-18-23-27(24)2/h7-8,10-11,24H,3-6,9,12-23H2,1-2H3,(H,26,28)/b8-7+,11-10+. The Hall–Kier alpha value is -1.09. The monoisotopic (exact) mass is 390 g/mol. The molecule has 1 N–H and O–H groups in total. The largest absolute Gasteiger partial charge is 0.356 e. The fourth-order valence-corrected chi connectivity index (χ4v) is 3.91. The smallest absolute Gasteiger partial charge is 0.219 e. The normalized spacial score (nSPS) is 17.9. The van der Waals surface area contributed by atoms with Crippen LogP contribution in [0, 0.1) is 0 Å². The molecule has 1 aliphatic rings. The van der Waals surface area contributed by atoms with Gasteiger partial charge in [0.15, 0.2) is 0 Å². The van der Waals surface area contributed by atoms with Gasteiger partial charge in [0.2, 0.25) is 5.91 Å². The molecule has 1 fully saturated rings. The van der Waals surface area contributed by atoms with Crippen LogP contribution in [0.1, 0.15) is 103 Å². The molecule has 0 bridgehead atoms. The number of allylic oxidation sites excluding steroid dienone is 4. The van der Waals surface area contributed by atoms with Crippen molar-refractivity contribution in [2.45, 2.75) is 109 Å². The van der Waals surface area contributed by atoms with Gasteiger partial charge in [-0.2, -0.15) is 0 Å². The summed E-state index contributed by atoms with van der Waals surface area (Å²) in [6.07, 6.45) is 27.2. The van der Waals surface area contributed by atoms with Crippen LogP contribution in [0.4, 0.5) is 0 Å². The average Bonchev–Trinajstić information content (AvgIpc) is 3.10. The first-order chi connectivity index (χ1) is 13.7. The molecule has 0 saturated carbocycles. The Morgan fingerprint density at radius 3 is 2.32 bits per heavy atom. The topological polar surface area (TPSA) is 32.3 Å². The fourth-order valence-electron chi connectivity index (χ4n) is 3.91. The van der Waals surface area contributed by atoms with Gasteiger partial charge in [0, 0.05) is 19.0 Å². The number of likely N-dealkylation sites (tertiary alicyclic amines) is 1. The van der Waals surface area contributed by atoms with E-state index in [0.29, 0.717) is 12.5 Å². The zero-order valence-electron chi connectivity index (χ0n) is 18.8. The third kappa shape index (κ3) is 14.0. The molecule has 1 aliphatic heterocycles. The summed E-state index contributed by atoms with van der Waals surface area (Å²) < 4.78 is 0. The molecule has 162 valence electrons. The highest BCUT2D eigenvalue weighted by atomic mass is 16.1. The van der Waals surface area contributed by atoms with Gasteiger partial charge < -0.3 is 10.2 Å². The van der Waals surface area contributed by atoms with Crippen molar-refractivity contribution in [3.05, 3.63) is 24.3 Å². The molecule has 28 heavy (non-hydrogen) atoms. The van der Waals surface area contributed by atoms with E-state index >= 15 is 0 Å². The summed E-state index contributed by atoms with van der Waals surface area (Å²) >= 11 is 0. The molecule has 0 aromatic heterocycles. The molecule has 0 aromatic carbocycles. The Balaban J connectivity index is 1.81. The number of rotatable bonds is 17. The molecule has 1 unspecified atom stereocenters. The number of nitrogens with zero attached hydrogens (tertiary/aromatic N) is 1. The molecule has 0 radical (unpaired) electrons. The molecule has 1 amide bonds. The number of amides is 1. The number of hydrogen-bond acceptors (Lipinski definition) is 2. The first-order valence-electron chi connectivity index (χ1n) is 12.0. The first kappa shape index (κ1) is 24.9. The predicted octanol–water partition coefficient (Wildman–Crippen LogP) is 6.40. The van der Waals surface area contributed by atoms with Crippen molar-refractivity contribution in [2.75, 3.05) is 20.1 Å². The van der Waals surface area contributed by atoms with E-state index in [1.54, 1.807) is 0 Å². The summed E-state index contributed by atoms with van der Waals surface area (Å²) in [5.41, 5.74) is 0. The van der Waals surface area contributed by atoms with E-state index in [1.165, 1.54) is 77.2 Å². The van der Waals surface area contributed by atoms with Crippen molar-refractivity contribution in [1.82, 2.24) is 10.2 Å². The van der Waals surface area contributed by atoms with E-state index in [4.69, 9.17) is 0 Å². The molecular formula is C25H46N2O. The Kier molecular flexibility index (Phi) is 16.0. The van der Waals surface area contributed by atoms with Crippen molar-refractivity contribution in [2.24, 2.45) is 0 Å². The van der Waals surface area contributed by atoms with Crippen molar-refractivity contribution < 1.29 is 4.79 Å². The zero-order valence-corrected chi connectivity index (χ0v) is 18.8. The highest BCUT2D eigenvalue weighted by Crippen LogP contribution is 2.17. The van der Waals surface area contributed by atoms with Crippen LogP contribution in [0.3, 0.4) is 0 Å². The van der Waals surface area contributed by atoms with Crippen molar-refractivity contribution in [3.63, 3.8) is 0 Å². The Bertz CT molecular complexity index is 430. The van der Waals surface area contributed by atoms with Crippen molar-refractivity contribution >= 4 is 5.91 Å². The fraction of sp³-hybridized carbons (Fsp3) is 0.800. The maximum atomic E-state index is 11.9. The van der Waals surface area contributed by atoms with Crippen LogP contribution >= 0.6 is 0 Å². The highest BCUT2D eigenvalue weighted by molar-refractivity contribution is 5.75. The van der Waals surface area contributed by atoms with Gasteiger partial charge >= 0.3 is 0 Å². The number of hydrogen-bond donors (Lipinski definition) is 1. The summed E-state index contributed by atoms with van der Waals surface area (Å²) in [6.45, 7) is 4.31. The lowest BCUT2D eigenvalue weighted by molar-refractivity contribution is -0.121. The van der Waals surface area contributed by atoms with Crippen LogP contribution < -0.4 is 5.32 Å². The number of carbonyl (C=O) groups is 1. The van der Waals surface area contributed by atoms with E-state index in [-0.39, 0.29) is 5.91 Å². The molecular weight excluding hydrogens is 344 g/mol. The first-order valence-corrected chi connectivity index (χ1v) is 12.0. The van der Waals surface area contributed by atoms with E-state index < -0.39 is 0 Å². The lowest BCUT2D eigenvalue weighted by Crippen LogP contribution is -2.31. The van der Waals surface area contributed by atoms with Crippen molar-refractivity contribution in [3.8, 4) is 0 Å². The van der Waals surface area contributed by atoms with E-state index in [9.17, 15) is 4.79 Å². The molecule has 0 aromatic rings. The molecule has 1 heterocycles. The van der Waals surface area contributed by atoms with Crippen LogP contribution in [-0.4, -0.2) is 37.0 Å². The van der Waals surface area contributed by atoms with E-state index in [1.807, 2.05) is 0 Å². The van der Waals surface area contributed by atoms with Gasteiger partial charge in [-0.3, -0.25) is 4.79 Å². The van der Waals surface area contributed by atoms with Gasteiger partial charge in [-0.05, 0) is 71.4 Å². The van der Waals surface area contributed by atoms with Crippen LogP contribution in [0.25, 0.3) is 0 Å². The van der Waals surface area contributed by atoms with E-state index in [2.05, 4.69) is 48.5 Å². The SMILES string of the molecule is CCCCC/C=C/C/C=C/CCCCCCCC(=O)NCCC1CCCN1C. The Morgan fingerprint density at radius 2 is 1.64 bits per heavy atom. The maximum absolute atomic E-state index is 11.9. The second-order valence-corrected chi connectivity index (χ2v) is 8.40. The lowest BCUT2D eigenvalue weighted by Gasteiger charge is -2.19.